The highest BCUT2D eigenvalue weighted by Gasteiger charge is 2.22. The summed E-state index contributed by atoms with van der Waals surface area (Å²) in [7, 11) is 1.78. The number of piperidine rings is 1. The van der Waals surface area contributed by atoms with Crippen LogP contribution >= 0.6 is 24.0 Å². The number of terminal acetylenes is 1. The Morgan fingerprint density at radius 2 is 2.05 bits per heavy atom. The maximum absolute atomic E-state index is 5.98. The average molecular weight is 399 g/mol. The van der Waals surface area contributed by atoms with Gasteiger partial charge in [-0.1, -0.05) is 24.1 Å². The molecule has 5 heteroatoms. The second-order valence-electron chi connectivity index (χ2n) is 4.72. The molecule has 0 aliphatic carbocycles. The van der Waals surface area contributed by atoms with Crippen LogP contribution in [0.2, 0.25) is 0 Å². The summed E-state index contributed by atoms with van der Waals surface area (Å²) in [5, 5.41) is 3.15. The number of aliphatic imine (C=N–C) groups is 1. The van der Waals surface area contributed by atoms with E-state index in [4.69, 9.17) is 11.2 Å². The van der Waals surface area contributed by atoms with Gasteiger partial charge in [0.1, 0.15) is 11.9 Å². The van der Waals surface area contributed by atoms with E-state index < -0.39 is 0 Å². The number of rotatable bonds is 3. The van der Waals surface area contributed by atoms with Crippen molar-refractivity contribution in [3.63, 3.8) is 0 Å². The lowest BCUT2D eigenvalue weighted by Gasteiger charge is -2.34. The maximum Gasteiger partial charge on any atom is 0.194 e. The Balaban J connectivity index is 0.00000220. The van der Waals surface area contributed by atoms with Crippen molar-refractivity contribution < 1.29 is 4.74 Å². The molecule has 0 unspecified atom stereocenters. The summed E-state index contributed by atoms with van der Waals surface area (Å²) in [6.45, 7) is 2.37. The van der Waals surface area contributed by atoms with Crippen LogP contribution in [0.4, 0.5) is 0 Å². The first kappa shape index (κ1) is 17.6. The Labute approximate surface area is 144 Å². The van der Waals surface area contributed by atoms with E-state index in [-0.39, 0.29) is 30.1 Å². The number of hydrogen-bond acceptors (Lipinski definition) is 2. The summed E-state index contributed by atoms with van der Waals surface area (Å²) < 4.78 is 5.98. The predicted molar refractivity (Wildman–Crippen MR) is 97.3 cm³/mol. The van der Waals surface area contributed by atoms with Crippen molar-refractivity contribution in [2.75, 3.05) is 26.7 Å². The molecule has 1 heterocycles. The van der Waals surface area contributed by atoms with Gasteiger partial charge >= 0.3 is 0 Å². The lowest BCUT2D eigenvalue weighted by atomic mass is 10.1. The quantitative estimate of drug-likeness (QED) is 0.367. The number of benzene rings is 1. The van der Waals surface area contributed by atoms with Crippen molar-refractivity contribution in [3.8, 4) is 18.1 Å². The largest absolute Gasteiger partial charge is 0.490 e. The predicted octanol–water partition coefficient (Wildman–Crippen LogP) is 2.36. The molecule has 0 aromatic heterocycles. The second-order valence-corrected chi connectivity index (χ2v) is 4.72. The van der Waals surface area contributed by atoms with Gasteiger partial charge in [-0.15, -0.1) is 30.4 Å². The molecule has 0 saturated carbocycles. The molecule has 1 aliphatic rings. The molecule has 114 valence electrons. The molecule has 4 nitrogen and oxygen atoms in total. The molecule has 1 aromatic carbocycles. The van der Waals surface area contributed by atoms with Gasteiger partial charge in [0, 0.05) is 33.0 Å². The van der Waals surface area contributed by atoms with Gasteiger partial charge in [0.2, 0.25) is 0 Å². The molecule has 0 spiro atoms. The van der Waals surface area contributed by atoms with Crippen molar-refractivity contribution in [1.29, 1.82) is 0 Å². The lowest BCUT2D eigenvalue weighted by molar-refractivity contribution is 0.129. The summed E-state index contributed by atoms with van der Waals surface area (Å²) >= 11 is 0. The van der Waals surface area contributed by atoms with Crippen LogP contribution in [-0.2, 0) is 0 Å². The molecule has 1 saturated heterocycles. The standard InChI is InChI=1S/C16H21N3O.HI/c1-3-11-18-16(17-2)19-12-9-15(10-13-19)20-14-7-5-4-6-8-14;/h1,4-8,15H,9-13H2,2H3,(H,17,18);1H. The second kappa shape index (κ2) is 9.50. The minimum atomic E-state index is 0. The van der Waals surface area contributed by atoms with Crippen LogP contribution < -0.4 is 10.1 Å². The van der Waals surface area contributed by atoms with E-state index in [0.717, 1.165) is 37.6 Å². The van der Waals surface area contributed by atoms with E-state index in [2.05, 4.69) is 21.1 Å². The Hall–Kier alpha value is -1.42. The van der Waals surface area contributed by atoms with Gasteiger partial charge in [-0.05, 0) is 12.1 Å². The minimum absolute atomic E-state index is 0. The highest BCUT2D eigenvalue weighted by Crippen LogP contribution is 2.18. The summed E-state index contributed by atoms with van der Waals surface area (Å²) in [5.41, 5.74) is 0. The number of ether oxygens (including phenoxy) is 1. The van der Waals surface area contributed by atoms with Gasteiger partial charge in [0.05, 0.1) is 6.54 Å². The summed E-state index contributed by atoms with van der Waals surface area (Å²) in [6, 6.07) is 9.99. The van der Waals surface area contributed by atoms with Crippen molar-refractivity contribution in [2.24, 2.45) is 4.99 Å². The molecule has 0 bridgehead atoms. The van der Waals surface area contributed by atoms with E-state index in [1.54, 1.807) is 7.05 Å². The van der Waals surface area contributed by atoms with Crippen molar-refractivity contribution in [2.45, 2.75) is 18.9 Å². The van der Waals surface area contributed by atoms with E-state index in [1.807, 2.05) is 30.3 Å². The van der Waals surface area contributed by atoms with E-state index in [0.29, 0.717) is 6.54 Å². The summed E-state index contributed by atoms with van der Waals surface area (Å²) in [5.74, 6) is 4.39. The van der Waals surface area contributed by atoms with E-state index in [1.165, 1.54) is 0 Å². The normalized spacial score (nSPS) is 15.8. The molecule has 1 N–H and O–H groups in total. The smallest absolute Gasteiger partial charge is 0.194 e. The van der Waals surface area contributed by atoms with Gasteiger partial charge < -0.3 is 15.0 Å². The van der Waals surface area contributed by atoms with Crippen LogP contribution in [0.5, 0.6) is 5.75 Å². The number of nitrogens with zero attached hydrogens (tertiary/aromatic N) is 2. The minimum Gasteiger partial charge on any atom is -0.490 e. The zero-order valence-electron chi connectivity index (χ0n) is 12.3. The molecule has 0 atom stereocenters. The Morgan fingerprint density at radius 3 is 2.62 bits per heavy atom. The highest BCUT2D eigenvalue weighted by molar-refractivity contribution is 14.0. The first-order valence-electron chi connectivity index (χ1n) is 6.94. The molecule has 1 aromatic rings. The van der Waals surface area contributed by atoms with Gasteiger partial charge in [0.15, 0.2) is 5.96 Å². The molecule has 0 radical (unpaired) electrons. The van der Waals surface area contributed by atoms with Crippen LogP contribution in [0.25, 0.3) is 0 Å². The fraction of sp³-hybridized carbons (Fsp3) is 0.438. The zero-order chi connectivity index (χ0) is 14.2. The fourth-order valence-corrected chi connectivity index (χ4v) is 2.34. The third kappa shape index (κ3) is 5.46. The molecule has 21 heavy (non-hydrogen) atoms. The lowest BCUT2D eigenvalue weighted by Crippen LogP contribution is -2.47. The summed E-state index contributed by atoms with van der Waals surface area (Å²) in [6.07, 6.45) is 7.52. The van der Waals surface area contributed by atoms with Crippen molar-refractivity contribution in [3.05, 3.63) is 30.3 Å². The van der Waals surface area contributed by atoms with Crippen molar-refractivity contribution >= 4 is 29.9 Å². The Morgan fingerprint density at radius 1 is 1.38 bits per heavy atom. The maximum atomic E-state index is 5.98. The Bertz CT molecular complexity index is 476. The molecule has 1 fully saturated rings. The van der Waals surface area contributed by atoms with Crippen LogP contribution in [0, 0.1) is 12.3 Å². The molecule has 0 amide bonds. The van der Waals surface area contributed by atoms with Gasteiger partial charge in [0.25, 0.3) is 0 Å². The molecule has 1 aliphatic heterocycles. The number of guanidine groups is 1. The Kier molecular flexibility index (Phi) is 7.98. The van der Waals surface area contributed by atoms with E-state index in [9.17, 15) is 0 Å². The van der Waals surface area contributed by atoms with Gasteiger partial charge in [-0.3, -0.25) is 4.99 Å². The number of likely N-dealkylation sites (tertiary alicyclic amines) is 1. The monoisotopic (exact) mass is 399 g/mol. The summed E-state index contributed by atoms with van der Waals surface area (Å²) in [4.78, 5) is 6.48. The fourth-order valence-electron chi connectivity index (χ4n) is 2.34. The van der Waals surface area contributed by atoms with Crippen LogP contribution in [0.1, 0.15) is 12.8 Å². The third-order valence-electron chi connectivity index (χ3n) is 3.35. The third-order valence-corrected chi connectivity index (χ3v) is 3.35. The van der Waals surface area contributed by atoms with Crippen molar-refractivity contribution in [1.82, 2.24) is 10.2 Å². The number of halogens is 1. The SMILES string of the molecule is C#CCNC(=NC)N1CCC(Oc2ccccc2)CC1.I. The first-order chi connectivity index (χ1) is 9.83. The number of hydrogen-bond donors (Lipinski definition) is 1. The molecular weight excluding hydrogens is 377 g/mol. The number of nitrogens with one attached hydrogen (secondary N) is 1. The average Bonchev–Trinajstić information content (AvgIpc) is 2.50. The molecular formula is C16H22IN3O. The topological polar surface area (TPSA) is 36.9 Å². The van der Waals surface area contributed by atoms with Gasteiger partial charge in [-0.25, -0.2) is 0 Å². The highest BCUT2D eigenvalue weighted by atomic mass is 127. The van der Waals surface area contributed by atoms with Crippen LogP contribution in [0.15, 0.2) is 35.3 Å². The van der Waals surface area contributed by atoms with Crippen LogP contribution in [0.3, 0.4) is 0 Å². The first-order valence-corrected chi connectivity index (χ1v) is 6.94. The van der Waals surface area contributed by atoms with Gasteiger partial charge in [-0.2, -0.15) is 0 Å². The number of para-hydroxylation sites is 1. The molecule has 2 rings (SSSR count). The van der Waals surface area contributed by atoms with E-state index >= 15 is 0 Å². The zero-order valence-corrected chi connectivity index (χ0v) is 14.6. The van der Waals surface area contributed by atoms with Crippen LogP contribution in [-0.4, -0.2) is 43.6 Å².